The van der Waals surface area contributed by atoms with Crippen LogP contribution in [0.2, 0.25) is 5.22 Å². The molecular formula is C16H19ClFNO. The fourth-order valence-corrected chi connectivity index (χ4v) is 2.39. The Morgan fingerprint density at radius 3 is 2.30 bits per heavy atom. The van der Waals surface area contributed by atoms with Crippen LogP contribution in [0.5, 0.6) is 0 Å². The molecule has 0 bridgehead atoms. The number of hydrogen-bond donors (Lipinski definition) is 1. The first-order valence-corrected chi connectivity index (χ1v) is 6.97. The van der Waals surface area contributed by atoms with E-state index in [4.69, 9.17) is 16.0 Å². The van der Waals surface area contributed by atoms with E-state index in [2.05, 4.69) is 26.1 Å². The summed E-state index contributed by atoms with van der Waals surface area (Å²) >= 11 is 5.76. The van der Waals surface area contributed by atoms with Crippen molar-refractivity contribution in [1.29, 1.82) is 0 Å². The summed E-state index contributed by atoms with van der Waals surface area (Å²) < 4.78 is 18.4. The quantitative estimate of drug-likeness (QED) is 0.863. The van der Waals surface area contributed by atoms with Crippen LogP contribution < -0.4 is 5.32 Å². The molecule has 0 aliphatic rings. The molecule has 0 fully saturated rings. The van der Waals surface area contributed by atoms with Gasteiger partial charge in [0, 0.05) is 6.04 Å². The van der Waals surface area contributed by atoms with E-state index in [0.29, 0.717) is 11.8 Å². The van der Waals surface area contributed by atoms with Crippen LogP contribution in [0.15, 0.2) is 40.8 Å². The monoisotopic (exact) mass is 295 g/mol. The number of furan rings is 1. The SMILES string of the molecule is CC(C)(C)C(NCc1ccc(Cl)o1)c1ccc(F)cc1. The Labute approximate surface area is 123 Å². The van der Waals surface area contributed by atoms with Crippen molar-refractivity contribution in [2.24, 2.45) is 5.41 Å². The van der Waals surface area contributed by atoms with Gasteiger partial charge in [0.05, 0.1) is 6.54 Å². The smallest absolute Gasteiger partial charge is 0.193 e. The third kappa shape index (κ3) is 3.84. The summed E-state index contributed by atoms with van der Waals surface area (Å²) in [6.45, 7) is 7.00. The third-order valence-corrected chi connectivity index (χ3v) is 3.38. The lowest BCUT2D eigenvalue weighted by atomic mass is 9.82. The third-order valence-electron chi connectivity index (χ3n) is 3.18. The molecule has 0 aliphatic heterocycles. The molecule has 1 heterocycles. The van der Waals surface area contributed by atoms with Gasteiger partial charge in [-0.05, 0) is 46.8 Å². The molecule has 4 heteroatoms. The minimum absolute atomic E-state index is 0.00574. The molecule has 0 spiro atoms. The Kier molecular flexibility index (Phi) is 4.51. The highest BCUT2D eigenvalue weighted by atomic mass is 35.5. The standard InChI is InChI=1S/C16H19ClFNO/c1-16(2,3)15(11-4-6-12(18)7-5-11)19-10-13-8-9-14(17)20-13/h4-9,15,19H,10H2,1-3H3. The molecule has 20 heavy (non-hydrogen) atoms. The van der Waals surface area contributed by atoms with Crippen LogP contribution in [0.4, 0.5) is 4.39 Å². The zero-order valence-electron chi connectivity index (χ0n) is 11.9. The highest BCUT2D eigenvalue weighted by molar-refractivity contribution is 6.28. The molecule has 0 amide bonds. The zero-order chi connectivity index (χ0) is 14.8. The Bertz CT molecular complexity index is 557. The average molecular weight is 296 g/mol. The molecule has 2 aromatic rings. The molecule has 0 aliphatic carbocycles. The van der Waals surface area contributed by atoms with Gasteiger partial charge in [0.15, 0.2) is 5.22 Å². The first kappa shape index (κ1) is 15.1. The van der Waals surface area contributed by atoms with Gasteiger partial charge in [-0.25, -0.2) is 4.39 Å². The lowest BCUT2D eigenvalue weighted by Crippen LogP contribution is -2.31. The van der Waals surface area contributed by atoms with E-state index >= 15 is 0 Å². The molecule has 1 unspecified atom stereocenters. The van der Waals surface area contributed by atoms with E-state index in [-0.39, 0.29) is 17.3 Å². The molecule has 0 saturated heterocycles. The predicted octanol–water partition coefficient (Wildman–Crippen LogP) is 4.95. The van der Waals surface area contributed by atoms with Crippen molar-refractivity contribution in [3.8, 4) is 0 Å². The van der Waals surface area contributed by atoms with Crippen molar-refractivity contribution < 1.29 is 8.81 Å². The number of halogens is 2. The van der Waals surface area contributed by atoms with Gasteiger partial charge >= 0.3 is 0 Å². The van der Waals surface area contributed by atoms with Crippen LogP contribution in [0, 0.1) is 11.2 Å². The number of benzene rings is 1. The number of rotatable bonds is 4. The van der Waals surface area contributed by atoms with Crippen molar-refractivity contribution in [2.45, 2.75) is 33.4 Å². The minimum Gasteiger partial charge on any atom is -0.448 e. The fraction of sp³-hybridized carbons (Fsp3) is 0.375. The van der Waals surface area contributed by atoms with Crippen LogP contribution in [-0.4, -0.2) is 0 Å². The summed E-state index contributed by atoms with van der Waals surface area (Å²) in [6.07, 6.45) is 0. The molecule has 1 N–H and O–H groups in total. The van der Waals surface area contributed by atoms with Crippen LogP contribution in [0.1, 0.15) is 38.1 Å². The van der Waals surface area contributed by atoms with Crippen molar-refractivity contribution in [3.05, 3.63) is 58.8 Å². The van der Waals surface area contributed by atoms with Crippen LogP contribution in [-0.2, 0) is 6.54 Å². The van der Waals surface area contributed by atoms with E-state index in [1.807, 2.05) is 18.2 Å². The molecule has 0 saturated carbocycles. The van der Waals surface area contributed by atoms with E-state index in [1.54, 1.807) is 6.07 Å². The average Bonchev–Trinajstić information content (AvgIpc) is 2.76. The largest absolute Gasteiger partial charge is 0.448 e. The Hall–Kier alpha value is -1.32. The maximum absolute atomic E-state index is 13.1. The van der Waals surface area contributed by atoms with Gasteiger partial charge in [-0.2, -0.15) is 0 Å². The lowest BCUT2D eigenvalue weighted by Gasteiger charge is -2.32. The maximum atomic E-state index is 13.1. The van der Waals surface area contributed by atoms with Gasteiger partial charge in [-0.3, -0.25) is 0 Å². The van der Waals surface area contributed by atoms with Gasteiger partial charge in [-0.1, -0.05) is 32.9 Å². The Morgan fingerprint density at radius 2 is 1.80 bits per heavy atom. The van der Waals surface area contributed by atoms with Crippen LogP contribution >= 0.6 is 11.6 Å². The first-order valence-electron chi connectivity index (χ1n) is 6.59. The zero-order valence-corrected chi connectivity index (χ0v) is 12.7. The summed E-state index contributed by atoms with van der Waals surface area (Å²) in [4.78, 5) is 0. The Morgan fingerprint density at radius 1 is 1.15 bits per heavy atom. The van der Waals surface area contributed by atoms with Crippen molar-refractivity contribution in [1.82, 2.24) is 5.32 Å². The van der Waals surface area contributed by atoms with Crippen LogP contribution in [0.3, 0.4) is 0 Å². The van der Waals surface area contributed by atoms with E-state index in [1.165, 1.54) is 12.1 Å². The molecular weight excluding hydrogens is 277 g/mol. The number of hydrogen-bond acceptors (Lipinski definition) is 2. The normalized spacial score (nSPS) is 13.4. The van der Waals surface area contributed by atoms with Gasteiger partial charge in [-0.15, -0.1) is 0 Å². The maximum Gasteiger partial charge on any atom is 0.193 e. The fourth-order valence-electron chi connectivity index (χ4n) is 2.23. The van der Waals surface area contributed by atoms with Crippen molar-refractivity contribution >= 4 is 11.6 Å². The van der Waals surface area contributed by atoms with E-state index < -0.39 is 0 Å². The first-order chi connectivity index (χ1) is 9.36. The molecule has 1 aromatic heterocycles. The lowest BCUT2D eigenvalue weighted by molar-refractivity contribution is 0.264. The summed E-state index contributed by atoms with van der Waals surface area (Å²) in [6, 6.07) is 10.3. The summed E-state index contributed by atoms with van der Waals surface area (Å²) in [5.41, 5.74) is 1.05. The van der Waals surface area contributed by atoms with E-state index in [9.17, 15) is 4.39 Å². The van der Waals surface area contributed by atoms with Crippen LogP contribution in [0.25, 0.3) is 0 Å². The molecule has 108 valence electrons. The second-order valence-corrected chi connectivity index (χ2v) is 6.31. The second-order valence-electron chi connectivity index (χ2n) is 5.94. The van der Waals surface area contributed by atoms with Crippen molar-refractivity contribution in [2.75, 3.05) is 0 Å². The molecule has 1 atom stereocenters. The molecule has 2 rings (SSSR count). The van der Waals surface area contributed by atoms with Gasteiger partial charge < -0.3 is 9.73 Å². The minimum atomic E-state index is -0.223. The highest BCUT2D eigenvalue weighted by Gasteiger charge is 2.26. The topological polar surface area (TPSA) is 25.2 Å². The second kappa shape index (κ2) is 5.98. The molecule has 0 radical (unpaired) electrons. The molecule has 2 nitrogen and oxygen atoms in total. The van der Waals surface area contributed by atoms with Gasteiger partial charge in [0.1, 0.15) is 11.6 Å². The summed E-state index contributed by atoms with van der Waals surface area (Å²) in [5.74, 6) is 0.561. The van der Waals surface area contributed by atoms with Gasteiger partial charge in [0.25, 0.3) is 0 Å². The predicted molar refractivity (Wildman–Crippen MR) is 79.2 cm³/mol. The number of nitrogens with one attached hydrogen (secondary N) is 1. The van der Waals surface area contributed by atoms with E-state index in [0.717, 1.165) is 11.3 Å². The Balaban J connectivity index is 2.14. The summed E-state index contributed by atoms with van der Waals surface area (Å²) in [5, 5.41) is 3.84. The van der Waals surface area contributed by atoms with Gasteiger partial charge in [0.2, 0.25) is 0 Å². The summed E-state index contributed by atoms with van der Waals surface area (Å²) in [7, 11) is 0. The highest BCUT2D eigenvalue weighted by Crippen LogP contribution is 2.33. The van der Waals surface area contributed by atoms with Crippen molar-refractivity contribution in [3.63, 3.8) is 0 Å². The molecule has 1 aromatic carbocycles.